The Bertz CT molecular complexity index is 1550. The zero-order chi connectivity index (χ0) is 28.0. The van der Waals surface area contributed by atoms with Gasteiger partial charge in [-0.05, 0) is 50.6 Å². The van der Waals surface area contributed by atoms with E-state index in [9.17, 15) is 37.9 Å². The van der Waals surface area contributed by atoms with Crippen LogP contribution in [0.4, 0.5) is 18.9 Å². The second-order valence-electron chi connectivity index (χ2n) is 9.72. The fourth-order valence-electron chi connectivity index (χ4n) is 4.31. The number of hydrogen-bond acceptors (Lipinski definition) is 7. The molecule has 2 heterocycles. The lowest BCUT2D eigenvalue weighted by molar-refractivity contribution is -0.153. The van der Waals surface area contributed by atoms with Crippen LogP contribution in [0.15, 0.2) is 41.2 Å². The SMILES string of the molecule is CC(C)(C)OC(=O)CNC(=O)c1c(O)c2cc(C#N)cc3c2n(c1=O)C(c1ccc(C(F)(F)F)cc1)CN3. The van der Waals surface area contributed by atoms with Gasteiger partial charge in [0, 0.05) is 11.9 Å². The third-order valence-electron chi connectivity index (χ3n) is 5.87. The number of benzene rings is 2. The van der Waals surface area contributed by atoms with Crippen molar-refractivity contribution in [3.63, 3.8) is 0 Å². The van der Waals surface area contributed by atoms with Crippen molar-refractivity contribution in [1.29, 1.82) is 5.26 Å². The minimum Gasteiger partial charge on any atom is -0.506 e. The summed E-state index contributed by atoms with van der Waals surface area (Å²) in [5.74, 6) is -2.53. The smallest absolute Gasteiger partial charge is 0.416 e. The highest BCUT2D eigenvalue weighted by molar-refractivity contribution is 6.06. The Hall–Kier alpha value is -4.53. The molecule has 4 rings (SSSR count). The topological polar surface area (TPSA) is 133 Å². The predicted octanol–water partition coefficient (Wildman–Crippen LogP) is 3.68. The normalized spacial score (nSPS) is 14.9. The summed E-state index contributed by atoms with van der Waals surface area (Å²) in [6, 6.07) is 8.09. The molecule has 0 saturated heterocycles. The van der Waals surface area contributed by atoms with Crippen molar-refractivity contribution in [1.82, 2.24) is 9.88 Å². The van der Waals surface area contributed by atoms with Crippen molar-refractivity contribution >= 4 is 28.5 Å². The van der Waals surface area contributed by atoms with Gasteiger partial charge in [0.1, 0.15) is 23.5 Å². The Balaban J connectivity index is 1.85. The molecular weight excluding hydrogens is 505 g/mol. The lowest BCUT2D eigenvalue weighted by Gasteiger charge is -2.30. The molecule has 1 unspecified atom stereocenters. The molecule has 3 aromatic rings. The molecule has 12 heteroatoms. The van der Waals surface area contributed by atoms with Crippen molar-refractivity contribution in [3.05, 3.63) is 69.0 Å². The van der Waals surface area contributed by atoms with Gasteiger partial charge >= 0.3 is 12.1 Å². The first-order valence-electron chi connectivity index (χ1n) is 11.5. The van der Waals surface area contributed by atoms with E-state index in [2.05, 4.69) is 10.6 Å². The molecule has 38 heavy (non-hydrogen) atoms. The highest BCUT2D eigenvalue weighted by Crippen LogP contribution is 2.38. The maximum atomic E-state index is 13.7. The number of pyridine rings is 1. The molecule has 9 nitrogen and oxygen atoms in total. The summed E-state index contributed by atoms with van der Waals surface area (Å²) in [5, 5.41) is 25.7. The van der Waals surface area contributed by atoms with Crippen LogP contribution >= 0.6 is 0 Å². The van der Waals surface area contributed by atoms with Gasteiger partial charge in [-0.25, -0.2) is 0 Å². The second kappa shape index (κ2) is 9.41. The van der Waals surface area contributed by atoms with Crippen LogP contribution in [0.1, 0.15) is 53.9 Å². The number of esters is 1. The van der Waals surface area contributed by atoms with E-state index in [0.29, 0.717) is 11.3 Å². The Morgan fingerprint density at radius 1 is 1.21 bits per heavy atom. The number of nitriles is 1. The molecule has 0 saturated carbocycles. The lowest BCUT2D eigenvalue weighted by atomic mass is 9.98. The van der Waals surface area contributed by atoms with Gasteiger partial charge in [0.2, 0.25) is 0 Å². The summed E-state index contributed by atoms with van der Waals surface area (Å²) in [7, 11) is 0. The zero-order valence-electron chi connectivity index (χ0n) is 20.6. The van der Waals surface area contributed by atoms with Crippen molar-refractivity contribution in [2.24, 2.45) is 0 Å². The number of halogens is 3. The molecular formula is C26H23F3N4O5. The van der Waals surface area contributed by atoms with Crippen molar-refractivity contribution in [2.75, 3.05) is 18.4 Å². The molecule has 2 aromatic carbocycles. The van der Waals surface area contributed by atoms with Gasteiger partial charge in [-0.1, -0.05) is 12.1 Å². The summed E-state index contributed by atoms with van der Waals surface area (Å²) in [4.78, 5) is 38.7. The number of nitrogens with zero attached hydrogens (tertiary/aromatic N) is 2. The predicted molar refractivity (Wildman–Crippen MR) is 131 cm³/mol. The number of aromatic nitrogens is 1. The number of nitrogens with one attached hydrogen (secondary N) is 2. The molecule has 1 atom stereocenters. The monoisotopic (exact) mass is 528 g/mol. The molecule has 198 valence electrons. The van der Waals surface area contributed by atoms with Gasteiger partial charge in [-0.2, -0.15) is 18.4 Å². The molecule has 1 aliphatic heterocycles. The third kappa shape index (κ3) is 5.00. The third-order valence-corrected chi connectivity index (χ3v) is 5.87. The number of carbonyl (C=O) groups is 2. The van der Waals surface area contributed by atoms with Crippen LogP contribution in [0.2, 0.25) is 0 Å². The summed E-state index contributed by atoms with van der Waals surface area (Å²) >= 11 is 0. The average Bonchev–Trinajstić information content (AvgIpc) is 2.84. The van der Waals surface area contributed by atoms with Gasteiger partial charge in [0.05, 0.1) is 34.4 Å². The summed E-state index contributed by atoms with van der Waals surface area (Å²) < 4.78 is 45.6. The molecule has 0 fully saturated rings. The molecule has 0 bridgehead atoms. The second-order valence-corrected chi connectivity index (χ2v) is 9.72. The first-order valence-corrected chi connectivity index (χ1v) is 11.5. The van der Waals surface area contributed by atoms with Crippen LogP contribution in [-0.2, 0) is 15.7 Å². The van der Waals surface area contributed by atoms with Gasteiger partial charge in [0.25, 0.3) is 11.5 Å². The Kier molecular flexibility index (Phi) is 6.57. The molecule has 1 amide bonds. The Morgan fingerprint density at radius 3 is 2.45 bits per heavy atom. The highest BCUT2D eigenvalue weighted by Gasteiger charge is 2.33. The van der Waals surface area contributed by atoms with E-state index in [0.717, 1.165) is 12.1 Å². The number of carbonyl (C=O) groups excluding carboxylic acids is 2. The molecule has 0 spiro atoms. The van der Waals surface area contributed by atoms with E-state index < -0.39 is 58.7 Å². The van der Waals surface area contributed by atoms with E-state index in [1.54, 1.807) is 20.8 Å². The van der Waals surface area contributed by atoms with Crippen LogP contribution in [0.25, 0.3) is 10.9 Å². The van der Waals surface area contributed by atoms with E-state index in [1.165, 1.54) is 28.8 Å². The Labute approximate surface area is 214 Å². The first kappa shape index (κ1) is 26.5. The standard InChI is InChI=1S/C26H23F3N4O5/c1-25(2,3)38-19(34)12-32-23(36)20-22(35)16-8-13(10-30)9-17-21(16)33(24(20)37)18(11-31-17)14-4-6-15(7-5-14)26(27,28)29/h4-9,18,31,35H,11-12H2,1-3H3,(H,32,36). The average molecular weight is 528 g/mol. The molecule has 0 radical (unpaired) electrons. The minimum atomic E-state index is -4.55. The molecule has 1 aromatic heterocycles. The van der Waals surface area contributed by atoms with E-state index in [1.807, 2.05) is 6.07 Å². The van der Waals surface area contributed by atoms with Crippen LogP contribution in [-0.4, -0.2) is 40.2 Å². The van der Waals surface area contributed by atoms with Crippen LogP contribution in [0, 0.1) is 11.3 Å². The molecule has 1 aliphatic rings. The quantitative estimate of drug-likeness (QED) is 0.440. The summed E-state index contributed by atoms with van der Waals surface area (Å²) in [5.41, 5.74) is -2.31. The number of amides is 1. The van der Waals surface area contributed by atoms with Crippen LogP contribution < -0.4 is 16.2 Å². The van der Waals surface area contributed by atoms with Gasteiger partial charge in [-0.3, -0.25) is 19.0 Å². The number of ether oxygens (including phenoxy) is 1. The summed E-state index contributed by atoms with van der Waals surface area (Å²) in [6.45, 7) is 4.38. The number of aromatic hydroxyl groups is 1. The van der Waals surface area contributed by atoms with Gasteiger partial charge in [-0.15, -0.1) is 0 Å². The maximum Gasteiger partial charge on any atom is 0.416 e. The van der Waals surface area contributed by atoms with Crippen molar-refractivity contribution < 1.29 is 32.6 Å². The highest BCUT2D eigenvalue weighted by atomic mass is 19.4. The minimum absolute atomic E-state index is 0.00480. The fourth-order valence-corrected chi connectivity index (χ4v) is 4.31. The van der Waals surface area contributed by atoms with Crippen LogP contribution in [0.5, 0.6) is 5.75 Å². The van der Waals surface area contributed by atoms with Crippen molar-refractivity contribution in [2.45, 2.75) is 38.6 Å². The Morgan fingerprint density at radius 2 is 1.87 bits per heavy atom. The number of alkyl halides is 3. The number of hydrogen-bond donors (Lipinski definition) is 3. The zero-order valence-corrected chi connectivity index (χ0v) is 20.6. The van der Waals surface area contributed by atoms with E-state index in [-0.39, 0.29) is 23.0 Å². The maximum absolute atomic E-state index is 13.7. The number of rotatable bonds is 4. The first-order chi connectivity index (χ1) is 17.7. The fraction of sp³-hybridized carbons (Fsp3) is 0.308. The summed E-state index contributed by atoms with van der Waals surface area (Å²) in [6.07, 6.45) is -4.55. The number of anilines is 1. The molecule has 3 N–H and O–H groups in total. The van der Waals surface area contributed by atoms with E-state index >= 15 is 0 Å². The largest absolute Gasteiger partial charge is 0.506 e. The van der Waals surface area contributed by atoms with Gasteiger partial charge in [0.15, 0.2) is 0 Å². The van der Waals surface area contributed by atoms with Crippen LogP contribution in [0.3, 0.4) is 0 Å². The van der Waals surface area contributed by atoms with Gasteiger partial charge < -0.3 is 20.5 Å². The molecule has 0 aliphatic carbocycles. The van der Waals surface area contributed by atoms with E-state index in [4.69, 9.17) is 4.74 Å². The van der Waals surface area contributed by atoms with Crippen molar-refractivity contribution in [3.8, 4) is 11.8 Å². The lowest BCUT2D eigenvalue weighted by Crippen LogP contribution is -2.41.